The van der Waals surface area contributed by atoms with Crippen molar-refractivity contribution in [2.75, 3.05) is 26.8 Å². The van der Waals surface area contributed by atoms with Crippen molar-refractivity contribution in [3.63, 3.8) is 0 Å². The van der Waals surface area contributed by atoms with Crippen molar-refractivity contribution >= 4 is 39.2 Å². The predicted octanol–water partition coefficient (Wildman–Crippen LogP) is 3.41. The molecule has 1 aromatic rings. The maximum Gasteiger partial charge on any atom is 0.246 e. The molecular formula is C14H18BrNO2S. The Hall–Kier alpha value is -0.650. The molecule has 1 aromatic heterocycles. The van der Waals surface area contributed by atoms with E-state index in [0.29, 0.717) is 5.92 Å². The van der Waals surface area contributed by atoms with Crippen LogP contribution in [0.4, 0.5) is 0 Å². The second kappa shape index (κ2) is 7.22. The minimum atomic E-state index is 0.100. The van der Waals surface area contributed by atoms with Gasteiger partial charge < -0.3 is 9.64 Å². The average molecular weight is 344 g/mol. The lowest BCUT2D eigenvalue weighted by Crippen LogP contribution is -2.40. The number of rotatable bonds is 4. The highest BCUT2D eigenvalue weighted by molar-refractivity contribution is 9.11. The number of ether oxygens (including phenoxy) is 1. The highest BCUT2D eigenvalue weighted by Gasteiger charge is 2.22. The molecule has 0 spiro atoms. The van der Waals surface area contributed by atoms with Gasteiger partial charge in [-0.1, -0.05) is 0 Å². The van der Waals surface area contributed by atoms with Crippen LogP contribution in [0.2, 0.25) is 0 Å². The first-order valence-corrected chi connectivity index (χ1v) is 8.06. The molecule has 0 N–H and O–H groups in total. The average Bonchev–Trinajstić information content (AvgIpc) is 2.82. The zero-order valence-corrected chi connectivity index (χ0v) is 13.4. The van der Waals surface area contributed by atoms with E-state index in [2.05, 4.69) is 15.9 Å². The molecule has 0 saturated carbocycles. The maximum atomic E-state index is 12.1. The first-order valence-electron chi connectivity index (χ1n) is 6.39. The first-order chi connectivity index (χ1) is 9.19. The predicted molar refractivity (Wildman–Crippen MR) is 82.2 cm³/mol. The molecule has 1 amide bonds. The highest BCUT2D eigenvalue weighted by Crippen LogP contribution is 2.22. The summed E-state index contributed by atoms with van der Waals surface area (Å²) in [4.78, 5) is 14.0. The number of amides is 1. The Morgan fingerprint density at radius 2 is 2.53 bits per heavy atom. The molecule has 1 aliphatic heterocycles. The number of hydrogen-bond donors (Lipinski definition) is 0. The van der Waals surface area contributed by atoms with Gasteiger partial charge in [-0.05, 0) is 57.8 Å². The Labute approximate surface area is 126 Å². The second-order valence-electron chi connectivity index (χ2n) is 4.77. The molecule has 5 heteroatoms. The van der Waals surface area contributed by atoms with Crippen molar-refractivity contribution in [2.24, 2.45) is 5.92 Å². The number of likely N-dealkylation sites (tertiary alicyclic amines) is 1. The number of hydrogen-bond acceptors (Lipinski definition) is 3. The van der Waals surface area contributed by atoms with Crippen LogP contribution in [0.3, 0.4) is 0 Å². The number of thiophene rings is 1. The van der Waals surface area contributed by atoms with Crippen molar-refractivity contribution in [1.82, 2.24) is 4.90 Å². The van der Waals surface area contributed by atoms with Crippen LogP contribution in [0.15, 0.2) is 21.3 Å². The number of halogens is 1. The number of carbonyl (C=O) groups excluding carboxylic acids is 1. The molecular weight excluding hydrogens is 326 g/mol. The number of nitrogens with zero attached hydrogens (tertiary/aromatic N) is 1. The molecule has 19 heavy (non-hydrogen) atoms. The molecule has 104 valence electrons. The summed E-state index contributed by atoms with van der Waals surface area (Å²) >= 11 is 5.04. The molecule has 2 rings (SSSR count). The summed E-state index contributed by atoms with van der Waals surface area (Å²) in [5.74, 6) is 0.578. The Bertz CT molecular complexity index is 456. The normalized spacial score (nSPS) is 20.1. The fraction of sp³-hybridized carbons (Fsp3) is 0.500. The van der Waals surface area contributed by atoms with Crippen LogP contribution in [0.1, 0.15) is 18.4 Å². The summed E-state index contributed by atoms with van der Waals surface area (Å²) in [6, 6.07) is 2.01. The van der Waals surface area contributed by atoms with E-state index in [1.807, 2.05) is 22.4 Å². The van der Waals surface area contributed by atoms with E-state index in [0.717, 1.165) is 41.9 Å². The van der Waals surface area contributed by atoms with Crippen molar-refractivity contribution < 1.29 is 9.53 Å². The molecule has 3 nitrogen and oxygen atoms in total. The van der Waals surface area contributed by atoms with Gasteiger partial charge in [0, 0.05) is 26.3 Å². The molecule has 1 saturated heterocycles. The van der Waals surface area contributed by atoms with Gasteiger partial charge in [0.1, 0.15) is 0 Å². The summed E-state index contributed by atoms with van der Waals surface area (Å²) in [7, 11) is 1.72. The fourth-order valence-electron chi connectivity index (χ4n) is 2.32. The summed E-state index contributed by atoms with van der Waals surface area (Å²) < 4.78 is 6.26. The van der Waals surface area contributed by atoms with E-state index < -0.39 is 0 Å². The Balaban J connectivity index is 1.90. The van der Waals surface area contributed by atoms with Gasteiger partial charge >= 0.3 is 0 Å². The second-order valence-corrected chi connectivity index (χ2v) is 7.06. The summed E-state index contributed by atoms with van der Waals surface area (Å²) in [6.45, 7) is 2.41. The van der Waals surface area contributed by atoms with E-state index in [9.17, 15) is 4.79 Å². The molecule has 0 unspecified atom stereocenters. The van der Waals surface area contributed by atoms with Crippen molar-refractivity contribution in [1.29, 1.82) is 0 Å². The molecule has 1 fully saturated rings. The van der Waals surface area contributed by atoms with Gasteiger partial charge in [0.2, 0.25) is 5.91 Å². The lowest BCUT2D eigenvalue weighted by Gasteiger charge is -2.31. The van der Waals surface area contributed by atoms with Crippen LogP contribution < -0.4 is 0 Å². The van der Waals surface area contributed by atoms with Crippen LogP contribution in [0, 0.1) is 5.92 Å². The van der Waals surface area contributed by atoms with Gasteiger partial charge in [-0.3, -0.25) is 4.79 Å². The number of carbonyl (C=O) groups is 1. The number of piperidine rings is 1. The summed E-state index contributed by atoms with van der Waals surface area (Å²) in [5, 5.41) is 2.03. The molecule has 0 bridgehead atoms. The Morgan fingerprint density at radius 1 is 1.68 bits per heavy atom. The van der Waals surface area contributed by atoms with E-state index in [-0.39, 0.29) is 5.91 Å². The first kappa shape index (κ1) is 14.8. The SMILES string of the molecule is COC[C@@H]1CCCN(C(=O)/C=C/c2csc(Br)c2)C1. The number of methoxy groups -OCH3 is 1. The van der Waals surface area contributed by atoms with E-state index in [1.54, 1.807) is 24.5 Å². The molecule has 1 aliphatic rings. The zero-order valence-electron chi connectivity index (χ0n) is 11.0. The minimum absolute atomic E-state index is 0.100. The molecule has 1 atom stereocenters. The quantitative estimate of drug-likeness (QED) is 0.784. The van der Waals surface area contributed by atoms with Gasteiger partial charge in [-0.15, -0.1) is 11.3 Å². The van der Waals surface area contributed by atoms with E-state index in [4.69, 9.17) is 4.74 Å². The van der Waals surface area contributed by atoms with Crippen LogP contribution in [0.25, 0.3) is 6.08 Å². The van der Waals surface area contributed by atoms with Gasteiger partial charge in [-0.2, -0.15) is 0 Å². The zero-order chi connectivity index (χ0) is 13.7. The molecule has 0 aromatic carbocycles. The van der Waals surface area contributed by atoms with Gasteiger partial charge in [0.15, 0.2) is 0 Å². The van der Waals surface area contributed by atoms with Crippen molar-refractivity contribution in [3.05, 3.63) is 26.9 Å². The third-order valence-electron chi connectivity index (χ3n) is 3.24. The lowest BCUT2D eigenvalue weighted by molar-refractivity contribution is -0.128. The minimum Gasteiger partial charge on any atom is -0.384 e. The monoisotopic (exact) mass is 343 g/mol. The van der Waals surface area contributed by atoms with Gasteiger partial charge in [0.05, 0.1) is 10.4 Å². The summed E-state index contributed by atoms with van der Waals surface area (Å²) in [6.07, 6.45) is 5.77. The van der Waals surface area contributed by atoms with E-state index in [1.165, 1.54) is 0 Å². The topological polar surface area (TPSA) is 29.5 Å². The Kier molecular flexibility index (Phi) is 5.60. The van der Waals surface area contributed by atoms with Gasteiger partial charge in [-0.25, -0.2) is 0 Å². The van der Waals surface area contributed by atoms with Crippen LogP contribution in [-0.2, 0) is 9.53 Å². The highest BCUT2D eigenvalue weighted by atomic mass is 79.9. The van der Waals surface area contributed by atoms with Gasteiger partial charge in [0.25, 0.3) is 0 Å². The molecule has 0 radical (unpaired) electrons. The standard InChI is InChI=1S/C14H18BrNO2S/c1-18-9-12-3-2-6-16(8-12)14(17)5-4-11-7-13(15)19-10-11/h4-5,7,10,12H,2-3,6,8-9H2,1H3/b5-4+/t12-/m1/s1. The van der Waals surface area contributed by atoms with Crippen LogP contribution in [0.5, 0.6) is 0 Å². The van der Waals surface area contributed by atoms with Crippen molar-refractivity contribution in [3.8, 4) is 0 Å². The Morgan fingerprint density at radius 3 is 3.21 bits per heavy atom. The molecule has 0 aliphatic carbocycles. The van der Waals surface area contributed by atoms with Crippen molar-refractivity contribution in [2.45, 2.75) is 12.8 Å². The smallest absolute Gasteiger partial charge is 0.246 e. The largest absolute Gasteiger partial charge is 0.384 e. The third-order valence-corrected chi connectivity index (χ3v) is 4.76. The summed E-state index contributed by atoms with van der Waals surface area (Å²) in [5.41, 5.74) is 1.07. The lowest BCUT2D eigenvalue weighted by atomic mass is 9.99. The fourth-order valence-corrected chi connectivity index (χ4v) is 3.46. The third kappa shape index (κ3) is 4.44. The molecule has 2 heterocycles. The van der Waals surface area contributed by atoms with Crippen LogP contribution in [-0.4, -0.2) is 37.6 Å². The van der Waals surface area contributed by atoms with Crippen LogP contribution >= 0.6 is 27.3 Å². The van der Waals surface area contributed by atoms with E-state index >= 15 is 0 Å². The maximum absolute atomic E-state index is 12.1.